The molecule has 0 fully saturated rings. The van der Waals surface area contributed by atoms with E-state index in [0.717, 1.165) is 51.4 Å². The van der Waals surface area contributed by atoms with Gasteiger partial charge in [-0.15, -0.1) is 0 Å². The summed E-state index contributed by atoms with van der Waals surface area (Å²) in [7, 11) is 3.99. The molecule has 0 aliphatic heterocycles. The minimum absolute atomic E-state index is 0. The van der Waals surface area contributed by atoms with Gasteiger partial charge in [-0.1, -0.05) is 141 Å². The molecule has 1 unspecified atom stereocenters. The summed E-state index contributed by atoms with van der Waals surface area (Å²) >= 11 is 0. The Morgan fingerprint density at radius 1 is 0.560 bits per heavy atom. The zero-order chi connectivity index (χ0) is 36.1. The van der Waals surface area contributed by atoms with Crippen LogP contribution in [0.15, 0.2) is 24.3 Å². The van der Waals surface area contributed by atoms with Gasteiger partial charge in [-0.3, -0.25) is 9.59 Å². The van der Waals surface area contributed by atoms with Gasteiger partial charge in [0.2, 0.25) is 0 Å². The van der Waals surface area contributed by atoms with Gasteiger partial charge in [0.15, 0.2) is 6.10 Å². The standard InChI is InChI=1S/C43H82NO5.HI/c1-5-7-9-11-13-15-17-19-21-23-25-27-29-31-33-35-42(46)48-40-41(39-44(3,4)37-38-45)49-43(47)36-34-32-30-28-26-24-22-20-18-16-14-12-10-8-6-2;/h19-22,41,45H,5-18,23-40H2,1-4H3;1H/q+1;/p-1/b21-19-,22-20-;. The van der Waals surface area contributed by atoms with Crippen LogP contribution in [0.25, 0.3) is 0 Å². The van der Waals surface area contributed by atoms with Crippen LogP contribution in [-0.2, 0) is 19.1 Å². The number of aliphatic hydroxyl groups excluding tert-OH is 1. The molecule has 296 valence electrons. The molecular weight excluding hydrogens is 737 g/mol. The van der Waals surface area contributed by atoms with Gasteiger partial charge in [-0.25, -0.2) is 0 Å². The van der Waals surface area contributed by atoms with E-state index >= 15 is 0 Å². The molecule has 0 aliphatic rings. The third-order valence-electron chi connectivity index (χ3n) is 9.42. The predicted molar refractivity (Wildman–Crippen MR) is 209 cm³/mol. The minimum Gasteiger partial charge on any atom is -1.00 e. The van der Waals surface area contributed by atoms with Crippen LogP contribution >= 0.6 is 0 Å². The van der Waals surface area contributed by atoms with E-state index in [2.05, 4.69) is 38.2 Å². The van der Waals surface area contributed by atoms with Crippen LogP contribution in [0.4, 0.5) is 0 Å². The lowest BCUT2D eigenvalue weighted by atomic mass is 10.1. The maximum absolute atomic E-state index is 12.7. The first-order valence-corrected chi connectivity index (χ1v) is 20.9. The fourth-order valence-electron chi connectivity index (χ4n) is 6.22. The maximum Gasteiger partial charge on any atom is 0.306 e. The monoisotopic (exact) mass is 820 g/mol. The minimum atomic E-state index is -0.504. The van der Waals surface area contributed by atoms with Crippen LogP contribution in [0, 0.1) is 0 Å². The quantitative estimate of drug-likeness (QED) is 0.0224. The predicted octanol–water partition coefficient (Wildman–Crippen LogP) is 8.59. The third-order valence-corrected chi connectivity index (χ3v) is 9.42. The number of likely N-dealkylation sites (N-methyl/N-ethyl adjacent to an activating group) is 1. The van der Waals surface area contributed by atoms with E-state index < -0.39 is 6.10 Å². The van der Waals surface area contributed by atoms with Gasteiger partial charge in [-0.2, -0.15) is 0 Å². The highest BCUT2D eigenvalue weighted by Crippen LogP contribution is 2.14. The third kappa shape index (κ3) is 38.3. The number of esters is 2. The number of allylic oxidation sites excluding steroid dienone is 4. The topological polar surface area (TPSA) is 72.8 Å². The molecule has 0 saturated heterocycles. The lowest BCUT2D eigenvalue weighted by molar-refractivity contribution is -0.893. The summed E-state index contributed by atoms with van der Waals surface area (Å²) in [5, 5.41) is 9.46. The van der Waals surface area contributed by atoms with Crippen molar-refractivity contribution in [1.82, 2.24) is 0 Å². The zero-order valence-electron chi connectivity index (χ0n) is 33.4. The first-order valence-electron chi connectivity index (χ1n) is 20.9. The van der Waals surface area contributed by atoms with Crippen molar-refractivity contribution < 1.29 is 52.6 Å². The Morgan fingerprint density at radius 2 is 0.920 bits per heavy atom. The van der Waals surface area contributed by atoms with E-state index in [1.807, 2.05) is 14.1 Å². The molecule has 7 heteroatoms. The molecule has 0 heterocycles. The number of ether oxygens (including phenoxy) is 2. The van der Waals surface area contributed by atoms with Crippen LogP contribution < -0.4 is 24.0 Å². The summed E-state index contributed by atoms with van der Waals surface area (Å²) in [6.07, 6.45) is 41.4. The zero-order valence-corrected chi connectivity index (χ0v) is 35.6. The Kier molecular flexibility index (Phi) is 40.2. The van der Waals surface area contributed by atoms with E-state index in [1.165, 1.54) is 116 Å². The van der Waals surface area contributed by atoms with Gasteiger partial charge in [0.05, 0.1) is 20.7 Å². The van der Waals surface area contributed by atoms with E-state index in [0.29, 0.717) is 30.4 Å². The van der Waals surface area contributed by atoms with Gasteiger partial charge >= 0.3 is 11.9 Å². The number of rotatable bonds is 37. The van der Waals surface area contributed by atoms with Crippen molar-refractivity contribution in [2.45, 2.75) is 200 Å². The lowest BCUT2D eigenvalue weighted by Crippen LogP contribution is -3.00. The van der Waals surface area contributed by atoms with Crippen molar-refractivity contribution in [3.63, 3.8) is 0 Å². The Morgan fingerprint density at radius 3 is 1.32 bits per heavy atom. The molecule has 0 bridgehead atoms. The number of unbranched alkanes of at least 4 members (excludes halogenated alkanes) is 22. The molecule has 0 radical (unpaired) electrons. The second-order valence-electron chi connectivity index (χ2n) is 15.0. The molecular formula is C43H82INO5. The highest BCUT2D eigenvalue weighted by atomic mass is 127. The van der Waals surface area contributed by atoms with E-state index in [1.54, 1.807) is 0 Å². The number of halogens is 1. The van der Waals surface area contributed by atoms with Crippen LogP contribution in [0.1, 0.15) is 194 Å². The van der Waals surface area contributed by atoms with Crippen LogP contribution in [0.5, 0.6) is 0 Å². The number of hydrogen-bond donors (Lipinski definition) is 1. The van der Waals surface area contributed by atoms with E-state index in [-0.39, 0.29) is 49.1 Å². The van der Waals surface area contributed by atoms with Crippen molar-refractivity contribution in [3.8, 4) is 0 Å². The average Bonchev–Trinajstić information content (AvgIpc) is 3.07. The summed E-state index contributed by atoms with van der Waals surface area (Å²) in [5.74, 6) is -0.441. The van der Waals surface area contributed by atoms with E-state index in [9.17, 15) is 14.7 Å². The summed E-state index contributed by atoms with van der Waals surface area (Å²) in [6, 6.07) is 0. The number of carbonyl (C=O) groups is 2. The van der Waals surface area contributed by atoms with Crippen LogP contribution in [0.2, 0.25) is 0 Å². The van der Waals surface area contributed by atoms with Crippen molar-refractivity contribution >= 4 is 11.9 Å². The number of nitrogens with zero attached hydrogens (tertiary/aromatic N) is 1. The highest BCUT2D eigenvalue weighted by molar-refractivity contribution is 5.70. The number of carbonyl (C=O) groups excluding carboxylic acids is 2. The number of hydrogen-bond acceptors (Lipinski definition) is 5. The average molecular weight is 820 g/mol. The van der Waals surface area contributed by atoms with Gasteiger partial charge < -0.3 is 43.0 Å². The van der Waals surface area contributed by atoms with Crippen molar-refractivity contribution in [2.75, 3.05) is 40.4 Å². The molecule has 0 saturated carbocycles. The summed E-state index contributed by atoms with van der Waals surface area (Å²) in [5.41, 5.74) is 0. The Hall–Kier alpha value is -0.930. The second kappa shape index (κ2) is 39.3. The van der Waals surface area contributed by atoms with Gasteiger partial charge in [0.25, 0.3) is 0 Å². The highest BCUT2D eigenvalue weighted by Gasteiger charge is 2.26. The largest absolute Gasteiger partial charge is 1.00 e. The van der Waals surface area contributed by atoms with Crippen molar-refractivity contribution in [2.24, 2.45) is 0 Å². The fraction of sp³-hybridized carbons (Fsp3) is 0.860. The Labute approximate surface area is 327 Å². The molecule has 0 aliphatic carbocycles. The molecule has 0 rings (SSSR count). The van der Waals surface area contributed by atoms with Crippen molar-refractivity contribution in [3.05, 3.63) is 24.3 Å². The molecule has 0 amide bonds. The maximum atomic E-state index is 12.7. The van der Waals surface area contributed by atoms with Crippen LogP contribution in [0.3, 0.4) is 0 Å². The summed E-state index contributed by atoms with van der Waals surface area (Å²) in [6.45, 7) is 5.70. The Bertz CT molecular complexity index is 800. The number of aliphatic hydroxyl groups is 1. The molecule has 0 spiro atoms. The molecule has 0 aromatic carbocycles. The van der Waals surface area contributed by atoms with E-state index in [4.69, 9.17) is 9.47 Å². The fourth-order valence-corrected chi connectivity index (χ4v) is 6.22. The molecule has 1 atom stereocenters. The first-order chi connectivity index (χ1) is 23.8. The van der Waals surface area contributed by atoms with Crippen molar-refractivity contribution in [1.29, 1.82) is 0 Å². The SMILES string of the molecule is CCCCCCCC/C=C\CCCCCCCC(=O)OCC(C[N+](C)(C)CCO)OC(=O)CCCCCCC/C=C\CCCCCCCC.[I-]. The number of quaternary nitrogens is 1. The van der Waals surface area contributed by atoms with Gasteiger partial charge in [-0.05, 0) is 64.2 Å². The molecule has 1 N–H and O–H groups in total. The lowest BCUT2D eigenvalue weighted by Gasteiger charge is -2.32. The van der Waals surface area contributed by atoms with Gasteiger partial charge in [0, 0.05) is 12.8 Å². The smallest absolute Gasteiger partial charge is 0.306 e. The first kappa shape index (κ1) is 51.2. The molecule has 0 aromatic heterocycles. The summed E-state index contributed by atoms with van der Waals surface area (Å²) < 4.78 is 11.9. The Balaban J connectivity index is 0. The van der Waals surface area contributed by atoms with Gasteiger partial charge in [0.1, 0.15) is 19.7 Å². The molecule has 0 aromatic rings. The second-order valence-corrected chi connectivity index (χ2v) is 15.0. The normalized spacial score (nSPS) is 12.4. The van der Waals surface area contributed by atoms with Crippen LogP contribution in [-0.4, -0.2) is 68.0 Å². The molecule has 6 nitrogen and oxygen atoms in total. The molecule has 50 heavy (non-hydrogen) atoms. The summed E-state index contributed by atoms with van der Waals surface area (Å²) in [4.78, 5) is 25.1.